The molecule has 0 aromatic heterocycles. The Morgan fingerprint density at radius 2 is 1.80 bits per heavy atom. The monoisotopic (exact) mass is 424 g/mol. The van der Waals surface area contributed by atoms with E-state index in [1.165, 1.54) is 37.1 Å². The minimum absolute atomic E-state index is 0.0737. The van der Waals surface area contributed by atoms with Crippen molar-refractivity contribution in [3.05, 3.63) is 34.9 Å². The molecule has 5 nitrogen and oxygen atoms in total. The summed E-state index contributed by atoms with van der Waals surface area (Å²) in [6, 6.07) is 4.15. The zero-order valence-electron chi connectivity index (χ0n) is 17.4. The van der Waals surface area contributed by atoms with E-state index in [-0.39, 0.29) is 29.6 Å². The number of alkyl halides is 3. The molecule has 3 fully saturated rings. The number of likely N-dealkylation sites (N-methyl/N-ethyl adjacent to an activating group) is 1. The number of nitrogens with zero attached hydrogens (tertiary/aromatic N) is 1. The van der Waals surface area contributed by atoms with Gasteiger partial charge in [0.05, 0.1) is 17.6 Å². The minimum atomic E-state index is -2.95. The number of halogens is 3. The zero-order chi connectivity index (χ0) is 22.1. The first-order valence-corrected chi connectivity index (χ1v) is 10.3. The van der Waals surface area contributed by atoms with Crippen LogP contribution >= 0.6 is 0 Å². The summed E-state index contributed by atoms with van der Waals surface area (Å²) < 4.78 is 42.8. The maximum Gasteiger partial charge on any atom is 0.258 e. The van der Waals surface area contributed by atoms with Crippen LogP contribution in [0.2, 0.25) is 0 Å². The lowest BCUT2D eigenvalue weighted by atomic mass is 9.77. The van der Waals surface area contributed by atoms with Gasteiger partial charge in [0, 0.05) is 25.1 Å². The van der Waals surface area contributed by atoms with E-state index in [9.17, 15) is 27.9 Å². The molecule has 30 heavy (non-hydrogen) atoms. The highest BCUT2D eigenvalue weighted by Gasteiger charge is 2.69. The van der Waals surface area contributed by atoms with E-state index >= 15 is 0 Å². The van der Waals surface area contributed by atoms with Crippen LogP contribution in [-0.4, -0.2) is 53.0 Å². The second kappa shape index (κ2) is 6.45. The molecule has 3 aliphatic carbocycles. The van der Waals surface area contributed by atoms with E-state index in [1.54, 1.807) is 6.92 Å². The van der Waals surface area contributed by atoms with Gasteiger partial charge in [-0.05, 0) is 56.7 Å². The summed E-state index contributed by atoms with van der Waals surface area (Å²) in [6.07, 6.45) is 1.19. The Balaban J connectivity index is 1.51. The largest absolute Gasteiger partial charge is 0.390 e. The molecule has 2 amide bonds. The first kappa shape index (κ1) is 21.2. The maximum atomic E-state index is 14.5. The van der Waals surface area contributed by atoms with E-state index in [0.717, 1.165) is 0 Å². The minimum Gasteiger partial charge on any atom is -0.390 e. The molecule has 0 aliphatic heterocycles. The normalized spacial score (nSPS) is 32.7. The first-order chi connectivity index (χ1) is 13.8. The SMILES string of the molecule is CN(CC(=O)NC1CC(C)(O)C1)C(=O)c1ccc(C2(F)CC2)cc1[C@]1(C)CC1(F)F. The molecule has 0 heterocycles. The number of carbonyl (C=O) groups excluding carboxylic acids is 2. The molecular formula is C22H27F3N2O3. The highest BCUT2D eigenvalue weighted by atomic mass is 19.3. The van der Waals surface area contributed by atoms with Gasteiger partial charge in [-0.25, -0.2) is 13.2 Å². The summed E-state index contributed by atoms with van der Waals surface area (Å²) in [6.45, 7) is 2.84. The van der Waals surface area contributed by atoms with Crippen LogP contribution in [0.25, 0.3) is 0 Å². The summed E-state index contributed by atoms with van der Waals surface area (Å²) in [4.78, 5) is 26.4. The summed E-state index contributed by atoms with van der Waals surface area (Å²) in [5.74, 6) is -3.89. The molecule has 4 rings (SSSR count). The Bertz CT molecular complexity index is 905. The van der Waals surface area contributed by atoms with Crippen LogP contribution in [0.5, 0.6) is 0 Å². The van der Waals surface area contributed by atoms with Gasteiger partial charge in [-0.2, -0.15) is 0 Å². The van der Waals surface area contributed by atoms with Crippen LogP contribution < -0.4 is 5.32 Å². The lowest BCUT2D eigenvalue weighted by molar-refractivity contribution is -0.125. The Morgan fingerprint density at radius 1 is 1.20 bits per heavy atom. The zero-order valence-corrected chi connectivity index (χ0v) is 17.4. The molecule has 8 heteroatoms. The van der Waals surface area contributed by atoms with E-state index in [0.29, 0.717) is 31.2 Å². The summed E-state index contributed by atoms with van der Waals surface area (Å²) >= 11 is 0. The van der Waals surface area contributed by atoms with Crippen molar-refractivity contribution in [1.82, 2.24) is 10.2 Å². The van der Waals surface area contributed by atoms with Gasteiger partial charge in [0.15, 0.2) is 0 Å². The van der Waals surface area contributed by atoms with E-state index in [1.807, 2.05) is 0 Å². The molecule has 1 atom stereocenters. The van der Waals surface area contributed by atoms with E-state index in [2.05, 4.69) is 5.32 Å². The van der Waals surface area contributed by atoms with Gasteiger partial charge in [-0.15, -0.1) is 0 Å². The van der Waals surface area contributed by atoms with Crippen LogP contribution in [-0.2, 0) is 15.9 Å². The fraction of sp³-hybridized carbons (Fsp3) is 0.636. The van der Waals surface area contributed by atoms with Crippen molar-refractivity contribution < 1.29 is 27.9 Å². The molecule has 3 aliphatic rings. The highest BCUT2D eigenvalue weighted by molar-refractivity contribution is 5.98. The second-order valence-electron chi connectivity index (χ2n) is 9.77. The van der Waals surface area contributed by atoms with Crippen LogP contribution in [0, 0.1) is 0 Å². The third kappa shape index (κ3) is 3.59. The van der Waals surface area contributed by atoms with Crippen molar-refractivity contribution >= 4 is 11.8 Å². The third-order valence-electron chi connectivity index (χ3n) is 6.77. The van der Waals surface area contributed by atoms with Crippen molar-refractivity contribution in [3.63, 3.8) is 0 Å². The molecule has 0 radical (unpaired) electrons. The van der Waals surface area contributed by atoms with Gasteiger partial charge in [-0.1, -0.05) is 12.1 Å². The van der Waals surface area contributed by atoms with Crippen molar-refractivity contribution in [2.24, 2.45) is 0 Å². The molecule has 3 saturated carbocycles. The quantitative estimate of drug-likeness (QED) is 0.738. The number of amides is 2. The topological polar surface area (TPSA) is 69.6 Å². The molecule has 0 unspecified atom stereocenters. The summed E-state index contributed by atoms with van der Waals surface area (Å²) in [5.41, 5.74) is -3.25. The average Bonchev–Trinajstić information content (AvgIpc) is 3.48. The number of nitrogens with one attached hydrogen (secondary N) is 1. The average molecular weight is 424 g/mol. The molecule has 0 bridgehead atoms. The fourth-order valence-electron chi connectivity index (χ4n) is 4.43. The summed E-state index contributed by atoms with van der Waals surface area (Å²) in [7, 11) is 1.43. The van der Waals surface area contributed by atoms with E-state index in [4.69, 9.17) is 0 Å². The van der Waals surface area contributed by atoms with Gasteiger partial charge in [0.2, 0.25) is 5.91 Å². The Kier molecular flexibility index (Phi) is 4.55. The van der Waals surface area contributed by atoms with Crippen molar-refractivity contribution in [3.8, 4) is 0 Å². The number of aliphatic hydroxyl groups is 1. The molecule has 0 spiro atoms. The lowest BCUT2D eigenvalue weighted by Crippen LogP contribution is -2.55. The van der Waals surface area contributed by atoms with Crippen LogP contribution in [0.1, 0.15) is 67.4 Å². The van der Waals surface area contributed by atoms with Gasteiger partial charge in [0.25, 0.3) is 11.8 Å². The number of rotatable bonds is 6. The van der Waals surface area contributed by atoms with Crippen LogP contribution in [0.4, 0.5) is 13.2 Å². The molecule has 1 aromatic carbocycles. The van der Waals surface area contributed by atoms with Gasteiger partial charge >= 0.3 is 0 Å². The number of benzene rings is 1. The van der Waals surface area contributed by atoms with Crippen molar-refractivity contribution in [2.75, 3.05) is 13.6 Å². The van der Waals surface area contributed by atoms with Crippen molar-refractivity contribution in [1.29, 1.82) is 0 Å². The number of hydrogen-bond donors (Lipinski definition) is 2. The Morgan fingerprint density at radius 3 is 2.30 bits per heavy atom. The van der Waals surface area contributed by atoms with Gasteiger partial charge in [0.1, 0.15) is 5.67 Å². The number of hydrogen-bond acceptors (Lipinski definition) is 3. The lowest BCUT2D eigenvalue weighted by Gasteiger charge is -2.41. The molecule has 1 aromatic rings. The Hall–Kier alpha value is -2.09. The molecule has 0 saturated heterocycles. The van der Waals surface area contributed by atoms with Crippen LogP contribution in [0.15, 0.2) is 18.2 Å². The first-order valence-electron chi connectivity index (χ1n) is 10.3. The second-order valence-corrected chi connectivity index (χ2v) is 9.77. The predicted octanol–water partition coefficient (Wildman–Crippen LogP) is 3.04. The third-order valence-corrected chi connectivity index (χ3v) is 6.77. The van der Waals surface area contributed by atoms with E-state index < -0.39 is 34.9 Å². The standard InChI is InChI=1S/C22H27F3N2O3/c1-19(30)9-14(10-19)26-17(28)11-27(3)18(29)15-5-4-13(21(23)6-7-21)8-16(15)20(2)12-22(20,24)25/h4-5,8,14,30H,6-7,9-12H2,1-3H3,(H,26,28)/t14?,19?,20-/m0/s1. The van der Waals surface area contributed by atoms with Gasteiger partial charge < -0.3 is 15.3 Å². The molecular weight excluding hydrogens is 397 g/mol. The van der Waals surface area contributed by atoms with Crippen molar-refractivity contribution in [2.45, 2.75) is 74.6 Å². The summed E-state index contributed by atoms with van der Waals surface area (Å²) in [5, 5.41) is 12.5. The number of carbonyl (C=O) groups is 2. The fourth-order valence-corrected chi connectivity index (χ4v) is 4.43. The molecule has 2 N–H and O–H groups in total. The predicted molar refractivity (Wildman–Crippen MR) is 104 cm³/mol. The Labute approximate surface area is 173 Å². The van der Waals surface area contributed by atoms with Gasteiger partial charge in [-0.3, -0.25) is 9.59 Å². The van der Waals surface area contributed by atoms with Crippen LogP contribution in [0.3, 0.4) is 0 Å². The molecule has 164 valence electrons. The highest BCUT2D eigenvalue weighted by Crippen LogP contribution is 2.62. The maximum absolute atomic E-state index is 14.5. The smallest absolute Gasteiger partial charge is 0.258 e.